The van der Waals surface area contributed by atoms with E-state index in [9.17, 15) is 8.78 Å². The molecule has 1 aromatic carbocycles. The summed E-state index contributed by atoms with van der Waals surface area (Å²) in [6.45, 7) is 4.80. The van der Waals surface area contributed by atoms with Crippen LogP contribution in [0.15, 0.2) is 48.3 Å². The van der Waals surface area contributed by atoms with Gasteiger partial charge in [-0.3, -0.25) is 4.90 Å². The third-order valence-electron chi connectivity index (χ3n) is 5.13. The van der Waals surface area contributed by atoms with Crippen LogP contribution in [-0.4, -0.2) is 44.1 Å². The van der Waals surface area contributed by atoms with Gasteiger partial charge >= 0.3 is 0 Å². The van der Waals surface area contributed by atoms with Crippen LogP contribution < -0.4 is 0 Å². The van der Waals surface area contributed by atoms with Crippen molar-refractivity contribution in [1.29, 1.82) is 0 Å². The van der Waals surface area contributed by atoms with E-state index in [0.29, 0.717) is 5.69 Å². The summed E-state index contributed by atoms with van der Waals surface area (Å²) in [7, 11) is 0. The maximum atomic E-state index is 13.4. The zero-order chi connectivity index (χ0) is 19.5. The maximum absolute atomic E-state index is 13.4. The standard InChI is InChI=1S/C21H23F2N5/c1-15(10-16-6-3-2-4-7-16)12-27-9-5-8-17(13-27)18-11-19(20(22)23)28-21(26-18)24-14-25-28/h2-4,6-7,10-11,14,17,20H,5,8-9,12-13H2,1H3/b15-10+/t17-/m0/s1. The van der Waals surface area contributed by atoms with Crippen molar-refractivity contribution in [3.63, 3.8) is 0 Å². The first kappa shape index (κ1) is 18.7. The first-order valence-corrected chi connectivity index (χ1v) is 9.53. The molecule has 146 valence electrons. The Balaban J connectivity index is 1.51. The highest BCUT2D eigenvalue weighted by molar-refractivity contribution is 5.52. The second kappa shape index (κ2) is 8.14. The summed E-state index contributed by atoms with van der Waals surface area (Å²) in [4.78, 5) is 10.9. The SMILES string of the molecule is C/C(=C\c1ccccc1)CN1CCC[C@H](c2cc(C(F)F)n3ncnc3n2)C1. The second-order valence-corrected chi connectivity index (χ2v) is 7.35. The van der Waals surface area contributed by atoms with Gasteiger partial charge in [0.2, 0.25) is 0 Å². The molecule has 28 heavy (non-hydrogen) atoms. The number of aromatic nitrogens is 4. The minimum Gasteiger partial charge on any atom is -0.299 e. The van der Waals surface area contributed by atoms with Crippen LogP contribution in [0.3, 0.4) is 0 Å². The molecule has 0 N–H and O–H groups in total. The predicted octanol–water partition coefficient (Wildman–Crippen LogP) is 4.34. The summed E-state index contributed by atoms with van der Waals surface area (Å²) >= 11 is 0. The number of piperidine rings is 1. The highest BCUT2D eigenvalue weighted by Crippen LogP contribution is 2.29. The monoisotopic (exact) mass is 383 g/mol. The van der Waals surface area contributed by atoms with Crippen molar-refractivity contribution in [3.05, 3.63) is 65.2 Å². The van der Waals surface area contributed by atoms with Crippen molar-refractivity contribution in [2.45, 2.75) is 32.1 Å². The highest BCUT2D eigenvalue weighted by Gasteiger charge is 2.25. The molecular weight excluding hydrogens is 360 g/mol. The molecule has 0 bridgehead atoms. The molecule has 5 nitrogen and oxygen atoms in total. The van der Waals surface area contributed by atoms with Gasteiger partial charge in [-0.2, -0.15) is 14.6 Å². The van der Waals surface area contributed by atoms with Crippen LogP contribution in [0.2, 0.25) is 0 Å². The predicted molar refractivity (Wildman–Crippen MR) is 104 cm³/mol. The number of likely N-dealkylation sites (tertiary alicyclic amines) is 1. The van der Waals surface area contributed by atoms with Gasteiger partial charge in [-0.25, -0.2) is 13.8 Å². The van der Waals surface area contributed by atoms with E-state index >= 15 is 0 Å². The Morgan fingerprint density at radius 3 is 2.89 bits per heavy atom. The lowest BCUT2D eigenvalue weighted by Gasteiger charge is -2.32. The van der Waals surface area contributed by atoms with Crippen LogP contribution in [-0.2, 0) is 0 Å². The summed E-state index contributed by atoms with van der Waals surface area (Å²) in [6, 6.07) is 11.7. The maximum Gasteiger partial charge on any atom is 0.280 e. The van der Waals surface area contributed by atoms with E-state index in [0.717, 1.165) is 37.0 Å². The van der Waals surface area contributed by atoms with Crippen molar-refractivity contribution >= 4 is 11.9 Å². The topological polar surface area (TPSA) is 46.3 Å². The smallest absolute Gasteiger partial charge is 0.280 e. The quantitative estimate of drug-likeness (QED) is 0.657. The molecule has 1 aliphatic rings. The molecule has 4 rings (SSSR count). The number of hydrogen-bond donors (Lipinski definition) is 0. The van der Waals surface area contributed by atoms with Gasteiger partial charge < -0.3 is 0 Å². The Morgan fingerprint density at radius 2 is 2.11 bits per heavy atom. The summed E-state index contributed by atoms with van der Waals surface area (Å²) in [5.74, 6) is 0.363. The molecule has 0 unspecified atom stereocenters. The van der Waals surface area contributed by atoms with E-state index in [1.54, 1.807) is 0 Å². The summed E-state index contributed by atoms with van der Waals surface area (Å²) in [6.07, 6.45) is 2.81. The first-order chi connectivity index (χ1) is 13.6. The minimum absolute atomic E-state index is 0.123. The Hall–Kier alpha value is -2.67. The molecule has 1 saturated heterocycles. The lowest BCUT2D eigenvalue weighted by Crippen LogP contribution is -2.35. The Kier molecular flexibility index (Phi) is 5.43. The van der Waals surface area contributed by atoms with Gasteiger partial charge in [0, 0.05) is 19.0 Å². The molecule has 3 heterocycles. The number of benzene rings is 1. The van der Waals surface area contributed by atoms with Crippen LogP contribution >= 0.6 is 0 Å². The van der Waals surface area contributed by atoms with Gasteiger partial charge in [-0.05, 0) is 37.9 Å². The van der Waals surface area contributed by atoms with E-state index < -0.39 is 6.43 Å². The molecule has 3 aromatic rings. The van der Waals surface area contributed by atoms with Gasteiger partial charge in [-0.1, -0.05) is 42.0 Å². The van der Waals surface area contributed by atoms with E-state index in [-0.39, 0.29) is 17.4 Å². The molecule has 0 amide bonds. The van der Waals surface area contributed by atoms with Crippen LogP contribution in [0.25, 0.3) is 11.9 Å². The normalized spacial score (nSPS) is 18.9. The first-order valence-electron chi connectivity index (χ1n) is 9.53. The molecule has 0 radical (unpaired) electrons. The third-order valence-corrected chi connectivity index (χ3v) is 5.13. The van der Waals surface area contributed by atoms with Gasteiger partial charge in [-0.15, -0.1) is 0 Å². The average Bonchev–Trinajstić information content (AvgIpc) is 3.16. The van der Waals surface area contributed by atoms with E-state index in [1.165, 1.54) is 23.5 Å². The lowest BCUT2D eigenvalue weighted by atomic mass is 9.93. The van der Waals surface area contributed by atoms with Crippen molar-refractivity contribution in [2.75, 3.05) is 19.6 Å². The Labute approximate surface area is 162 Å². The van der Waals surface area contributed by atoms with Gasteiger partial charge in [0.25, 0.3) is 12.2 Å². The van der Waals surface area contributed by atoms with E-state index in [2.05, 4.69) is 45.1 Å². The van der Waals surface area contributed by atoms with Gasteiger partial charge in [0.05, 0.1) is 5.69 Å². The van der Waals surface area contributed by atoms with Crippen molar-refractivity contribution < 1.29 is 8.78 Å². The molecule has 7 heteroatoms. The van der Waals surface area contributed by atoms with Crippen LogP contribution in [0.5, 0.6) is 0 Å². The minimum atomic E-state index is -2.61. The summed E-state index contributed by atoms with van der Waals surface area (Å²) < 4.78 is 28.0. The fourth-order valence-corrected chi connectivity index (χ4v) is 3.89. The summed E-state index contributed by atoms with van der Waals surface area (Å²) in [5.41, 5.74) is 3.01. The second-order valence-electron chi connectivity index (χ2n) is 7.35. The fraction of sp³-hybridized carbons (Fsp3) is 0.381. The van der Waals surface area contributed by atoms with Crippen molar-refractivity contribution in [3.8, 4) is 0 Å². The van der Waals surface area contributed by atoms with Crippen molar-refractivity contribution in [1.82, 2.24) is 24.5 Å². The Morgan fingerprint density at radius 1 is 1.29 bits per heavy atom. The fourth-order valence-electron chi connectivity index (χ4n) is 3.89. The average molecular weight is 383 g/mol. The Bertz CT molecular complexity index is 967. The number of nitrogens with zero attached hydrogens (tertiary/aromatic N) is 5. The zero-order valence-corrected chi connectivity index (χ0v) is 15.8. The molecule has 1 atom stereocenters. The summed E-state index contributed by atoms with van der Waals surface area (Å²) in [5, 5.41) is 3.87. The van der Waals surface area contributed by atoms with Crippen LogP contribution in [0.4, 0.5) is 8.78 Å². The largest absolute Gasteiger partial charge is 0.299 e. The lowest BCUT2D eigenvalue weighted by molar-refractivity contribution is 0.142. The van der Waals surface area contributed by atoms with Crippen molar-refractivity contribution in [2.24, 2.45) is 0 Å². The molecular formula is C21H23F2N5. The molecule has 0 spiro atoms. The number of fused-ring (bicyclic) bond motifs is 1. The molecule has 1 aliphatic heterocycles. The molecule has 0 aliphatic carbocycles. The molecule has 2 aromatic heterocycles. The highest BCUT2D eigenvalue weighted by atomic mass is 19.3. The molecule has 0 saturated carbocycles. The van der Waals surface area contributed by atoms with E-state index in [4.69, 9.17) is 0 Å². The molecule has 1 fully saturated rings. The van der Waals surface area contributed by atoms with Gasteiger partial charge in [0.15, 0.2) is 0 Å². The van der Waals surface area contributed by atoms with E-state index in [1.807, 2.05) is 18.2 Å². The number of halogens is 2. The van der Waals surface area contributed by atoms with Gasteiger partial charge in [0.1, 0.15) is 12.0 Å². The number of alkyl halides is 2. The van der Waals surface area contributed by atoms with Crippen LogP contribution in [0.1, 0.15) is 49.1 Å². The number of hydrogen-bond acceptors (Lipinski definition) is 4. The third kappa shape index (κ3) is 4.09. The van der Waals surface area contributed by atoms with Crippen LogP contribution in [0, 0.1) is 0 Å². The zero-order valence-electron chi connectivity index (χ0n) is 15.8. The number of rotatable bonds is 5.